The van der Waals surface area contributed by atoms with Crippen LogP contribution in [0, 0.1) is 24.7 Å². The Kier molecular flexibility index (Phi) is 5.51. The largest absolute Gasteiger partial charge is 0.273 e. The van der Waals surface area contributed by atoms with Crippen molar-refractivity contribution in [1.82, 2.24) is 10.4 Å². The highest BCUT2D eigenvalue weighted by molar-refractivity contribution is 7.09. The lowest BCUT2D eigenvalue weighted by Crippen LogP contribution is -2.31. The number of hydrogen-bond acceptors (Lipinski definition) is 4. The van der Waals surface area contributed by atoms with Gasteiger partial charge in [-0.25, -0.2) is 10.4 Å². The molecule has 4 nitrogen and oxygen atoms in total. The summed E-state index contributed by atoms with van der Waals surface area (Å²) >= 11 is 1.52. The van der Waals surface area contributed by atoms with Gasteiger partial charge in [-0.15, -0.1) is 11.3 Å². The normalized spacial score (nSPS) is 24.5. The summed E-state index contributed by atoms with van der Waals surface area (Å²) in [6, 6.07) is 0. The summed E-state index contributed by atoms with van der Waals surface area (Å²) in [6.45, 7) is 8.66. The topological polar surface area (TPSA) is 54.4 Å². The van der Waals surface area contributed by atoms with Gasteiger partial charge in [0, 0.05) is 22.7 Å². The molecule has 1 amide bonds. The van der Waals surface area contributed by atoms with Gasteiger partial charge in [-0.3, -0.25) is 4.79 Å². The van der Waals surface area contributed by atoms with Gasteiger partial charge in [0.2, 0.25) is 5.91 Å². The SMILES string of the molecule is Cc1csc(CC(=O)NN=C2C[C@H](C)CC[C@@H]2C(C)C)n1. The maximum Gasteiger partial charge on any atom is 0.246 e. The van der Waals surface area contributed by atoms with Crippen molar-refractivity contribution in [3.63, 3.8) is 0 Å². The van der Waals surface area contributed by atoms with Crippen LogP contribution in [0.3, 0.4) is 0 Å². The standard InChI is InChI=1S/C16H25N3OS/c1-10(2)13-6-5-11(3)7-14(13)18-19-15(20)8-16-17-12(4)9-21-16/h9-11,13H,5-8H2,1-4H3,(H,19,20)/t11-,13-/m1/s1. The maximum absolute atomic E-state index is 12.0. The lowest BCUT2D eigenvalue weighted by molar-refractivity contribution is -0.120. The molecule has 1 aliphatic rings. The molecule has 1 N–H and O–H groups in total. The van der Waals surface area contributed by atoms with Crippen LogP contribution in [0.2, 0.25) is 0 Å². The summed E-state index contributed by atoms with van der Waals surface area (Å²) < 4.78 is 0. The highest BCUT2D eigenvalue weighted by Gasteiger charge is 2.27. The van der Waals surface area contributed by atoms with E-state index in [4.69, 9.17) is 0 Å². The molecule has 0 aliphatic heterocycles. The van der Waals surface area contributed by atoms with Crippen LogP contribution in [0.5, 0.6) is 0 Å². The van der Waals surface area contributed by atoms with Crippen LogP contribution in [-0.4, -0.2) is 16.6 Å². The molecule has 1 heterocycles. The van der Waals surface area contributed by atoms with Crippen LogP contribution in [0.1, 0.15) is 50.7 Å². The van der Waals surface area contributed by atoms with Crippen LogP contribution in [-0.2, 0) is 11.2 Å². The Morgan fingerprint density at radius 2 is 2.29 bits per heavy atom. The Hall–Kier alpha value is -1.23. The van der Waals surface area contributed by atoms with E-state index in [0.29, 0.717) is 24.2 Å². The average Bonchev–Trinajstić information content (AvgIpc) is 2.81. The Labute approximate surface area is 131 Å². The van der Waals surface area contributed by atoms with Gasteiger partial charge in [0.25, 0.3) is 0 Å². The molecule has 116 valence electrons. The quantitative estimate of drug-likeness (QED) is 0.865. The van der Waals surface area contributed by atoms with Gasteiger partial charge < -0.3 is 0 Å². The van der Waals surface area contributed by atoms with E-state index in [1.807, 2.05) is 12.3 Å². The molecule has 1 aliphatic carbocycles. The highest BCUT2D eigenvalue weighted by atomic mass is 32.1. The molecule has 2 rings (SSSR count). The lowest BCUT2D eigenvalue weighted by atomic mass is 9.76. The van der Waals surface area contributed by atoms with Crippen molar-refractivity contribution in [2.75, 3.05) is 0 Å². The van der Waals surface area contributed by atoms with E-state index in [1.54, 1.807) is 0 Å². The minimum absolute atomic E-state index is 0.0717. The fourth-order valence-corrected chi connectivity index (χ4v) is 3.65. The smallest absolute Gasteiger partial charge is 0.246 e. The first-order valence-corrected chi connectivity index (χ1v) is 8.60. The molecule has 21 heavy (non-hydrogen) atoms. The zero-order valence-corrected chi connectivity index (χ0v) is 14.2. The zero-order chi connectivity index (χ0) is 15.4. The van der Waals surface area contributed by atoms with Crippen molar-refractivity contribution in [3.8, 4) is 0 Å². The minimum Gasteiger partial charge on any atom is -0.273 e. The van der Waals surface area contributed by atoms with E-state index >= 15 is 0 Å². The molecule has 0 aromatic carbocycles. The number of aryl methyl sites for hydroxylation is 1. The number of nitrogens with one attached hydrogen (secondary N) is 1. The molecule has 1 fully saturated rings. The zero-order valence-electron chi connectivity index (χ0n) is 13.3. The fourth-order valence-electron chi connectivity index (χ4n) is 2.88. The summed E-state index contributed by atoms with van der Waals surface area (Å²) in [5, 5.41) is 7.25. The molecule has 0 spiro atoms. The molecule has 5 heteroatoms. The Morgan fingerprint density at radius 1 is 1.52 bits per heavy atom. The Balaban J connectivity index is 1.95. The van der Waals surface area contributed by atoms with Crippen LogP contribution >= 0.6 is 11.3 Å². The molecule has 2 atom stereocenters. The van der Waals surface area contributed by atoms with Gasteiger partial charge in [0.1, 0.15) is 5.01 Å². The number of aromatic nitrogens is 1. The molecule has 1 saturated carbocycles. The van der Waals surface area contributed by atoms with Crippen LogP contribution in [0.25, 0.3) is 0 Å². The summed E-state index contributed by atoms with van der Waals surface area (Å²) in [5.41, 5.74) is 4.86. The number of carbonyl (C=O) groups is 1. The molecule has 0 radical (unpaired) electrons. The van der Waals surface area contributed by atoms with E-state index in [1.165, 1.54) is 24.2 Å². The minimum atomic E-state index is -0.0717. The summed E-state index contributed by atoms with van der Waals surface area (Å²) in [5.74, 6) is 1.67. The van der Waals surface area contributed by atoms with Crippen molar-refractivity contribution in [3.05, 3.63) is 16.1 Å². The Bertz CT molecular complexity index is 521. The predicted octanol–water partition coefficient (Wildman–Crippen LogP) is 3.56. The summed E-state index contributed by atoms with van der Waals surface area (Å²) in [7, 11) is 0. The number of carbonyl (C=O) groups excluding carboxylic acids is 1. The average molecular weight is 307 g/mol. The molecule has 0 bridgehead atoms. The Morgan fingerprint density at radius 3 is 2.90 bits per heavy atom. The second-order valence-electron chi connectivity index (χ2n) is 6.43. The number of nitrogens with zero attached hydrogens (tertiary/aromatic N) is 2. The third kappa shape index (κ3) is 4.63. The van der Waals surface area contributed by atoms with Crippen LogP contribution in [0.15, 0.2) is 10.5 Å². The van der Waals surface area contributed by atoms with E-state index in [-0.39, 0.29) is 5.91 Å². The third-order valence-corrected chi connectivity index (χ3v) is 5.03. The number of rotatable bonds is 4. The van der Waals surface area contributed by atoms with Crippen molar-refractivity contribution in [2.24, 2.45) is 22.9 Å². The van der Waals surface area contributed by atoms with E-state index in [2.05, 4.69) is 36.3 Å². The van der Waals surface area contributed by atoms with E-state index < -0.39 is 0 Å². The second-order valence-corrected chi connectivity index (χ2v) is 7.38. The number of amides is 1. The highest BCUT2D eigenvalue weighted by Crippen LogP contribution is 2.31. The van der Waals surface area contributed by atoms with E-state index in [0.717, 1.165) is 22.8 Å². The molecule has 0 saturated heterocycles. The van der Waals surface area contributed by atoms with Crippen LogP contribution in [0.4, 0.5) is 0 Å². The number of hydrazone groups is 1. The van der Waals surface area contributed by atoms with Crippen molar-refractivity contribution in [1.29, 1.82) is 0 Å². The van der Waals surface area contributed by atoms with E-state index in [9.17, 15) is 4.79 Å². The van der Waals surface area contributed by atoms with Crippen molar-refractivity contribution in [2.45, 2.75) is 53.4 Å². The van der Waals surface area contributed by atoms with Gasteiger partial charge in [0.15, 0.2) is 0 Å². The first kappa shape index (κ1) is 16.1. The number of hydrogen-bond donors (Lipinski definition) is 1. The van der Waals surface area contributed by atoms with Crippen molar-refractivity contribution < 1.29 is 4.79 Å². The van der Waals surface area contributed by atoms with Gasteiger partial charge in [-0.1, -0.05) is 20.8 Å². The molecular weight excluding hydrogens is 282 g/mol. The third-order valence-electron chi connectivity index (χ3n) is 4.06. The van der Waals surface area contributed by atoms with Gasteiger partial charge in [-0.05, 0) is 38.0 Å². The summed E-state index contributed by atoms with van der Waals surface area (Å²) in [4.78, 5) is 16.3. The van der Waals surface area contributed by atoms with Gasteiger partial charge >= 0.3 is 0 Å². The first-order chi connectivity index (χ1) is 9.95. The van der Waals surface area contributed by atoms with Gasteiger partial charge in [0.05, 0.1) is 6.42 Å². The lowest BCUT2D eigenvalue weighted by Gasteiger charge is -2.30. The maximum atomic E-state index is 12.0. The molecule has 0 unspecified atom stereocenters. The first-order valence-electron chi connectivity index (χ1n) is 7.72. The van der Waals surface area contributed by atoms with Crippen molar-refractivity contribution >= 4 is 23.0 Å². The molecule has 1 aromatic heterocycles. The monoisotopic (exact) mass is 307 g/mol. The molecule has 1 aromatic rings. The van der Waals surface area contributed by atoms with Crippen LogP contribution < -0.4 is 5.43 Å². The number of thiazole rings is 1. The molecular formula is C16H25N3OS. The fraction of sp³-hybridized carbons (Fsp3) is 0.688. The summed E-state index contributed by atoms with van der Waals surface area (Å²) in [6.07, 6.45) is 3.75. The van der Waals surface area contributed by atoms with Gasteiger partial charge in [-0.2, -0.15) is 5.10 Å². The second kappa shape index (κ2) is 7.16. The predicted molar refractivity (Wildman–Crippen MR) is 87.5 cm³/mol.